The fourth-order valence-electron chi connectivity index (χ4n) is 1.97. The lowest BCUT2D eigenvalue weighted by Crippen LogP contribution is -2.35. The number of carboxylic acid groups (broad SMARTS) is 1. The van der Waals surface area contributed by atoms with E-state index >= 15 is 0 Å². The van der Waals surface area contributed by atoms with Crippen LogP contribution in [0.1, 0.15) is 40.1 Å². The Morgan fingerprint density at radius 3 is 3.00 bits per heavy atom. The maximum atomic E-state index is 11.9. The summed E-state index contributed by atoms with van der Waals surface area (Å²) in [4.78, 5) is 26.3. The van der Waals surface area contributed by atoms with Gasteiger partial charge in [0.2, 0.25) is 0 Å². The van der Waals surface area contributed by atoms with Crippen molar-refractivity contribution in [2.75, 3.05) is 13.2 Å². The summed E-state index contributed by atoms with van der Waals surface area (Å²) in [6.07, 6.45) is 4.49. The van der Waals surface area contributed by atoms with Gasteiger partial charge in [0, 0.05) is 24.9 Å². The second kappa shape index (κ2) is 6.29. The molecule has 6 nitrogen and oxygen atoms in total. The van der Waals surface area contributed by atoms with Crippen molar-refractivity contribution in [1.82, 2.24) is 10.3 Å². The first-order valence-corrected chi connectivity index (χ1v) is 6.26. The van der Waals surface area contributed by atoms with Gasteiger partial charge in [0.1, 0.15) is 5.69 Å². The van der Waals surface area contributed by atoms with Crippen LogP contribution in [0.15, 0.2) is 18.3 Å². The van der Waals surface area contributed by atoms with Crippen LogP contribution in [0.3, 0.4) is 0 Å². The standard InChI is InChI=1S/C13H16N2O4/c16-12(15-8-10-3-1-2-6-19-10)9-4-5-14-11(7-9)13(17)18/h4-5,7,10H,1-3,6,8H2,(H,15,16)(H,17,18). The van der Waals surface area contributed by atoms with Gasteiger partial charge in [0.25, 0.3) is 5.91 Å². The van der Waals surface area contributed by atoms with Gasteiger partial charge in [0.15, 0.2) is 0 Å². The highest BCUT2D eigenvalue weighted by Gasteiger charge is 2.16. The van der Waals surface area contributed by atoms with E-state index in [1.54, 1.807) is 0 Å². The van der Waals surface area contributed by atoms with Crippen molar-refractivity contribution in [1.29, 1.82) is 0 Å². The molecule has 1 unspecified atom stereocenters. The maximum absolute atomic E-state index is 11.9. The molecule has 6 heteroatoms. The first-order valence-electron chi connectivity index (χ1n) is 6.26. The number of pyridine rings is 1. The molecule has 1 aromatic rings. The molecule has 0 aliphatic carbocycles. The van der Waals surface area contributed by atoms with Crippen molar-refractivity contribution in [2.24, 2.45) is 0 Å². The van der Waals surface area contributed by atoms with Crippen LogP contribution in [0, 0.1) is 0 Å². The van der Waals surface area contributed by atoms with E-state index < -0.39 is 5.97 Å². The zero-order chi connectivity index (χ0) is 13.7. The molecule has 0 spiro atoms. The quantitative estimate of drug-likeness (QED) is 0.849. The summed E-state index contributed by atoms with van der Waals surface area (Å²) in [5.74, 6) is -1.45. The number of rotatable bonds is 4. The summed E-state index contributed by atoms with van der Waals surface area (Å²) in [6, 6.07) is 2.75. The Hall–Kier alpha value is -1.95. The topological polar surface area (TPSA) is 88.5 Å². The number of ether oxygens (including phenoxy) is 1. The molecule has 2 rings (SSSR count). The van der Waals surface area contributed by atoms with Crippen LogP contribution in [-0.2, 0) is 4.74 Å². The zero-order valence-electron chi connectivity index (χ0n) is 10.5. The third kappa shape index (κ3) is 3.75. The number of carbonyl (C=O) groups is 2. The summed E-state index contributed by atoms with van der Waals surface area (Å²) >= 11 is 0. The smallest absolute Gasteiger partial charge is 0.354 e. The molecular formula is C13H16N2O4. The van der Waals surface area contributed by atoms with E-state index in [1.807, 2.05) is 0 Å². The fourth-order valence-corrected chi connectivity index (χ4v) is 1.97. The van der Waals surface area contributed by atoms with Crippen molar-refractivity contribution >= 4 is 11.9 Å². The van der Waals surface area contributed by atoms with E-state index in [9.17, 15) is 9.59 Å². The summed E-state index contributed by atoms with van der Waals surface area (Å²) in [5.41, 5.74) is 0.157. The molecule has 19 heavy (non-hydrogen) atoms. The molecule has 0 radical (unpaired) electrons. The predicted octanol–water partition coefficient (Wildman–Crippen LogP) is 1.08. The molecule has 1 atom stereocenters. The lowest BCUT2D eigenvalue weighted by atomic mass is 10.1. The molecule has 2 N–H and O–H groups in total. The molecule has 1 fully saturated rings. The average Bonchev–Trinajstić information content (AvgIpc) is 2.46. The molecule has 2 heterocycles. The Morgan fingerprint density at radius 2 is 2.32 bits per heavy atom. The van der Waals surface area contributed by atoms with Crippen molar-refractivity contribution in [3.8, 4) is 0 Å². The van der Waals surface area contributed by atoms with Gasteiger partial charge in [-0.05, 0) is 31.4 Å². The van der Waals surface area contributed by atoms with E-state index in [0.717, 1.165) is 25.9 Å². The summed E-state index contributed by atoms with van der Waals surface area (Å²) in [5, 5.41) is 11.6. The summed E-state index contributed by atoms with van der Waals surface area (Å²) in [6.45, 7) is 1.18. The Morgan fingerprint density at radius 1 is 1.47 bits per heavy atom. The zero-order valence-corrected chi connectivity index (χ0v) is 10.5. The minimum absolute atomic E-state index is 0.0541. The van der Waals surface area contributed by atoms with E-state index in [4.69, 9.17) is 9.84 Å². The van der Waals surface area contributed by atoms with Gasteiger partial charge in [-0.2, -0.15) is 0 Å². The molecule has 0 aromatic carbocycles. The number of nitrogens with zero attached hydrogens (tertiary/aromatic N) is 1. The van der Waals surface area contributed by atoms with E-state index in [1.165, 1.54) is 18.3 Å². The highest BCUT2D eigenvalue weighted by molar-refractivity contribution is 5.96. The minimum atomic E-state index is -1.15. The lowest BCUT2D eigenvalue weighted by Gasteiger charge is -2.22. The lowest BCUT2D eigenvalue weighted by molar-refractivity contribution is 0.0169. The molecule has 1 aromatic heterocycles. The molecular weight excluding hydrogens is 248 g/mol. The van der Waals surface area contributed by atoms with Gasteiger partial charge in [-0.1, -0.05) is 0 Å². The third-order valence-corrected chi connectivity index (χ3v) is 3.01. The second-order valence-corrected chi connectivity index (χ2v) is 4.43. The van der Waals surface area contributed by atoms with Crippen LogP contribution in [0.5, 0.6) is 0 Å². The average molecular weight is 264 g/mol. The second-order valence-electron chi connectivity index (χ2n) is 4.43. The van der Waals surface area contributed by atoms with Crippen molar-refractivity contribution in [2.45, 2.75) is 25.4 Å². The van der Waals surface area contributed by atoms with Crippen molar-refractivity contribution < 1.29 is 19.4 Å². The number of carboxylic acids is 1. The first kappa shape index (κ1) is 13.5. The van der Waals surface area contributed by atoms with Crippen LogP contribution in [0.4, 0.5) is 0 Å². The molecule has 1 aliphatic heterocycles. The van der Waals surface area contributed by atoms with E-state index in [2.05, 4.69) is 10.3 Å². The van der Waals surface area contributed by atoms with Crippen molar-refractivity contribution in [3.63, 3.8) is 0 Å². The number of carbonyl (C=O) groups excluding carboxylic acids is 1. The van der Waals surface area contributed by atoms with Gasteiger partial charge in [-0.25, -0.2) is 9.78 Å². The van der Waals surface area contributed by atoms with Gasteiger partial charge >= 0.3 is 5.97 Å². The van der Waals surface area contributed by atoms with Crippen LogP contribution < -0.4 is 5.32 Å². The Balaban J connectivity index is 1.92. The Labute approximate surface area is 110 Å². The number of aromatic carboxylic acids is 1. The van der Waals surface area contributed by atoms with E-state index in [0.29, 0.717) is 12.1 Å². The molecule has 1 saturated heterocycles. The minimum Gasteiger partial charge on any atom is -0.477 e. The SMILES string of the molecule is O=C(NCC1CCCCO1)c1ccnc(C(=O)O)c1. The molecule has 102 valence electrons. The normalized spacial score (nSPS) is 18.8. The third-order valence-electron chi connectivity index (χ3n) is 3.01. The highest BCUT2D eigenvalue weighted by Crippen LogP contribution is 2.12. The molecule has 0 saturated carbocycles. The molecule has 1 aliphatic rings. The monoisotopic (exact) mass is 264 g/mol. The fraction of sp³-hybridized carbons (Fsp3) is 0.462. The van der Waals surface area contributed by atoms with Crippen LogP contribution in [0.25, 0.3) is 0 Å². The van der Waals surface area contributed by atoms with E-state index in [-0.39, 0.29) is 17.7 Å². The van der Waals surface area contributed by atoms with Gasteiger partial charge in [-0.15, -0.1) is 0 Å². The van der Waals surface area contributed by atoms with Gasteiger partial charge in [-0.3, -0.25) is 4.79 Å². The first-order chi connectivity index (χ1) is 9.16. The Kier molecular flexibility index (Phi) is 4.46. The predicted molar refractivity (Wildman–Crippen MR) is 67.1 cm³/mol. The van der Waals surface area contributed by atoms with Crippen LogP contribution in [-0.4, -0.2) is 41.2 Å². The largest absolute Gasteiger partial charge is 0.477 e. The maximum Gasteiger partial charge on any atom is 0.354 e. The van der Waals surface area contributed by atoms with Crippen LogP contribution in [0.2, 0.25) is 0 Å². The number of hydrogen-bond acceptors (Lipinski definition) is 4. The number of aromatic nitrogens is 1. The molecule has 0 bridgehead atoms. The van der Waals surface area contributed by atoms with Gasteiger partial charge < -0.3 is 15.2 Å². The van der Waals surface area contributed by atoms with Crippen LogP contribution >= 0.6 is 0 Å². The highest BCUT2D eigenvalue weighted by atomic mass is 16.5. The number of nitrogens with one attached hydrogen (secondary N) is 1. The molecule has 1 amide bonds. The number of amides is 1. The summed E-state index contributed by atoms with van der Waals surface area (Å²) in [7, 11) is 0. The Bertz CT molecular complexity index is 469. The summed E-state index contributed by atoms with van der Waals surface area (Å²) < 4.78 is 5.50. The number of hydrogen-bond donors (Lipinski definition) is 2. The van der Waals surface area contributed by atoms with Crippen molar-refractivity contribution in [3.05, 3.63) is 29.6 Å². The van der Waals surface area contributed by atoms with Gasteiger partial charge in [0.05, 0.1) is 6.10 Å².